The van der Waals surface area contributed by atoms with Gasteiger partial charge in [-0.15, -0.1) is 0 Å². The first kappa shape index (κ1) is 16.9. The molecule has 0 aliphatic heterocycles. The van der Waals surface area contributed by atoms with Gasteiger partial charge >= 0.3 is 11.9 Å². The summed E-state index contributed by atoms with van der Waals surface area (Å²) in [7, 11) is 0. The molecule has 0 amide bonds. The number of esters is 2. The number of ether oxygens (including phenoxy) is 2. The lowest BCUT2D eigenvalue weighted by molar-refractivity contribution is -0.165. The van der Waals surface area contributed by atoms with Crippen LogP contribution >= 0.6 is 0 Å². The van der Waals surface area contributed by atoms with Gasteiger partial charge in [-0.2, -0.15) is 0 Å². The van der Waals surface area contributed by atoms with Crippen molar-refractivity contribution >= 4 is 11.9 Å². The minimum atomic E-state index is -1.15. The molecule has 0 radical (unpaired) electrons. The van der Waals surface area contributed by atoms with E-state index in [1.807, 2.05) is 0 Å². The maximum absolute atomic E-state index is 11.3. The highest BCUT2D eigenvalue weighted by Gasteiger charge is 2.22. The Morgan fingerprint density at radius 2 is 1.89 bits per heavy atom. The normalized spacial score (nSPS) is 14.8. The van der Waals surface area contributed by atoms with Gasteiger partial charge < -0.3 is 19.7 Å². The predicted octanol–water partition coefficient (Wildman–Crippen LogP) is 0.393. The van der Waals surface area contributed by atoms with E-state index in [9.17, 15) is 14.7 Å². The third-order valence-electron chi connectivity index (χ3n) is 2.03. The smallest absolute Gasteiger partial charge is 0.335 e. The van der Waals surface area contributed by atoms with Gasteiger partial charge in [-0.1, -0.05) is 6.92 Å². The number of carbonyl (C=O) groups excluding carboxylic acids is 2. The SMILES string of the molecule is CCC(O)C(=O)OCC(C)OC(=O)CC(C)(C)O. The number of hydrogen-bond acceptors (Lipinski definition) is 6. The number of aliphatic hydroxyl groups excluding tert-OH is 1. The second-order valence-corrected chi connectivity index (χ2v) is 4.84. The molecule has 0 aliphatic carbocycles. The standard InChI is InChI=1S/C12H22O6/c1-5-9(13)11(15)17-7-8(2)18-10(14)6-12(3,4)16/h8-9,13,16H,5-7H2,1-4H3. The number of carbonyl (C=O) groups is 2. The summed E-state index contributed by atoms with van der Waals surface area (Å²) in [6.07, 6.45) is -1.63. The highest BCUT2D eigenvalue weighted by molar-refractivity contribution is 5.74. The minimum absolute atomic E-state index is 0.118. The molecular formula is C12H22O6. The first-order valence-corrected chi connectivity index (χ1v) is 5.92. The molecule has 106 valence electrons. The van der Waals surface area contributed by atoms with Gasteiger partial charge in [-0.3, -0.25) is 4.79 Å². The van der Waals surface area contributed by atoms with E-state index in [1.54, 1.807) is 13.8 Å². The third kappa shape index (κ3) is 8.03. The van der Waals surface area contributed by atoms with Crippen LogP contribution in [0.15, 0.2) is 0 Å². The van der Waals surface area contributed by atoms with Crippen LogP contribution in [0.2, 0.25) is 0 Å². The zero-order valence-electron chi connectivity index (χ0n) is 11.3. The molecule has 0 bridgehead atoms. The summed E-state index contributed by atoms with van der Waals surface area (Å²) in [6, 6.07) is 0. The lowest BCUT2D eigenvalue weighted by atomic mass is 10.1. The predicted molar refractivity (Wildman–Crippen MR) is 63.7 cm³/mol. The summed E-state index contributed by atoms with van der Waals surface area (Å²) in [5.74, 6) is -1.30. The fourth-order valence-corrected chi connectivity index (χ4v) is 1.12. The van der Waals surface area contributed by atoms with Crippen LogP contribution in [-0.4, -0.2) is 46.6 Å². The Morgan fingerprint density at radius 3 is 2.33 bits per heavy atom. The molecule has 6 heteroatoms. The lowest BCUT2D eigenvalue weighted by Crippen LogP contribution is -2.30. The summed E-state index contributed by atoms with van der Waals surface area (Å²) >= 11 is 0. The molecule has 0 aromatic heterocycles. The fraction of sp³-hybridized carbons (Fsp3) is 0.833. The van der Waals surface area contributed by atoms with Crippen LogP contribution in [0, 0.1) is 0 Å². The maximum atomic E-state index is 11.3. The van der Waals surface area contributed by atoms with Crippen molar-refractivity contribution in [2.75, 3.05) is 6.61 Å². The average molecular weight is 262 g/mol. The number of rotatable bonds is 7. The van der Waals surface area contributed by atoms with Gasteiger partial charge in [0.25, 0.3) is 0 Å². The van der Waals surface area contributed by atoms with E-state index in [4.69, 9.17) is 14.6 Å². The maximum Gasteiger partial charge on any atom is 0.335 e. The average Bonchev–Trinajstić information content (AvgIpc) is 2.21. The molecule has 0 fully saturated rings. The third-order valence-corrected chi connectivity index (χ3v) is 2.03. The molecule has 0 saturated heterocycles. The minimum Gasteiger partial charge on any atom is -0.460 e. The molecule has 0 spiro atoms. The summed E-state index contributed by atoms with van der Waals surface area (Å²) in [6.45, 7) is 6.09. The van der Waals surface area contributed by atoms with Crippen LogP contribution < -0.4 is 0 Å². The van der Waals surface area contributed by atoms with Crippen molar-refractivity contribution in [3.8, 4) is 0 Å². The van der Waals surface area contributed by atoms with E-state index in [0.29, 0.717) is 0 Å². The zero-order valence-corrected chi connectivity index (χ0v) is 11.3. The van der Waals surface area contributed by atoms with E-state index >= 15 is 0 Å². The summed E-state index contributed by atoms with van der Waals surface area (Å²) in [5.41, 5.74) is -1.13. The topological polar surface area (TPSA) is 93.1 Å². The van der Waals surface area contributed by atoms with Crippen LogP contribution in [0.3, 0.4) is 0 Å². The Morgan fingerprint density at radius 1 is 1.33 bits per heavy atom. The quantitative estimate of drug-likeness (QED) is 0.645. The summed E-state index contributed by atoms with van der Waals surface area (Å²) in [4.78, 5) is 22.5. The Balaban J connectivity index is 3.94. The summed E-state index contributed by atoms with van der Waals surface area (Å²) in [5, 5.41) is 18.6. The van der Waals surface area contributed by atoms with Crippen LogP contribution in [0.1, 0.15) is 40.5 Å². The molecule has 0 aromatic rings. The molecule has 2 atom stereocenters. The molecule has 0 aliphatic rings. The Bertz CT molecular complexity index is 281. The second-order valence-electron chi connectivity index (χ2n) is 4.84. The van der Waals surface area contributed by atoms with E-state index in [2.05, 4.69) is 0 Å². The highest BCUT2D eigenvalue weighted by atomic mass is 16.6. The van der Waals surface area contributed by atoms with Crippen LogP contribution in [0.25, 0.3) is 0 Å². The van der Waals surface area contributed by atoms with Crippen molar-refractivity contribution in [2.45, 2.75) is 58.3 Å². The molecule has 18 heavy (non-hydrogen) atoms. The molecule has 0 heterocycles. The molecule has 0 aromatic carbocycles. The lowest BCUT2D eigenvalue weighted by Gasteiger charge is -2.19. The molecule has 0 rings (SSSR count). The Labute approximate surface area is 107 Å². The van der Waals surface area contributed by atoms with Crippen molar-refractivity contribution in [2.24, 2.45) is 0 Å². The van der Waals surface area contributed by atoms with Crippen molar-refractivity contribution < 1.29 is 29.3 Å². The molecule has 0 saturated carbocycles. The van der Waals surface area contributed by atoms with Gasteiger partial charge in [0.2, 0.25) is 0 Å². The van der Waals surface area contributed by atoms with Crippen molar-refractivity contribution in [3.63, 3.8) is 0 Å². The first-order chi connectivity index (χ1) is 8.15. The number of hydrogen-bond donors (Lipinski definition) is 2. The van der Waals surface area contributed by atoms with Gasteiger partial charge in [0.15, 0.2) is 6.10 Å². The molecule has 2 unspecified atom stereocenters. The van der Waals surface area contributed by atoms with E-state index in [-0.39, 0.29) is 19.4 Å². The Hall–Kier alpha value is -1.14. The van der Waals surface area contributed by atoms with Gasteiger partial charge in [0.1, 0.15) is 12.7 Å². The molecular weight excluding hydrogens is 240 g/mol. The van der Waals surface area contributed by atoms with Crippen molar-refractivity contribution in [1.29, 1.82) is 0 Å². The monoisotopic (exact) mass is 262 g/mol. The van der Waals surface area contributed by atoms with E-state index in [1.165, 1.54) is 13.8 Å². The largest absolute Gasteiger partial charge is 0.460 e. The van der Waals surface area contributed by atoms with Gasteiger partial charge in [-0.25, -0.2) is 4.79 Å². The first-order valence-electron chi connectivity index (χ1n) is 5.92. The van der Waals surface area contributed by atoms with Gasteiger partial charge in [0, 0.05) is 0 Å². The van der Waals surface area contributed by atoms with Crippen LogP contribution in [-0.2, 0) is 19.1 Å². The number of aliphatic hydroxyl groups is 2. The van der Waals surface area contributed by atoms with E-state index < -0.39 is 29.7 Å². The highest BCUT2D eigenvalue weighted by Crippen LogP contribution is 2.09. The summed E-state index contributed by atoms with van der Waals surface area (Å²) < 4.78 is 9.69. The van der Waals surface area contributed by atoms with Gasteiger partial charge in [0.05, 0.1) is 12.0 Å². The van der Waals surface area contributed by atoms with Crippen molar-refractivity contribution in [3.05, 3.63) is 0 Å². The van der Waals surface area contributed by atoms with Gasteiger partial charge in [-0.05, 0) is 27.2 Å². The van der Waals surface area contributed by atoms with Crippen LogP contribution in [0.4, 0.5) is 0 Å². The molecule has 6 nitrogen and oxygen atoms in total. The second kappa shape index (κ2) is 7.33. The van der Waals surface area contributed by atoms with Crippen molar-refractivity contribution in [1.82, 2.24) is 0 Å². The Kier molecular flexibility index (Phi) is 6.86. The molecule has 2 N–H and O–H groups in total. The van der Waals surface area contributed by atoms with E-state index in [0.717, 1.165) is 0 Å². The van der Waals surface area contributed by atoms with Crippen LogP contribution in [0.5, 0.6) is 0 Å². The fourth-order valence-electron chi connectivity index (χ4n) is 1.12. The zero-order chi connectivity index (χ0) is 14.3.